The van der Waals surface area contributed by atoms with Crippen molar-refractivity contribution in [3.63, 3.8) is 0 Å². The first-order chi connectivity index (χ1) is 7.56. The Morgan fingerprint density at radius 1 is 1.50 bits per heavy atom. The summed E-state index contributed by atoms with van der Waals surface area (Å²) < 4.78 is 0. The molecule has 0 radical (unpaired) electrons. The van der Waals surface area contributed by atoms with E-state index in [0.717, 1.165) is 0 Å². The molecule has 1 atom stereocenters. The van der Waals surface area contributed by atoms with Gasteiger partial charge in [0.25, 0.3) is 0 Å². The topological polar surface area (TPSA) is 49.4 Å². The highest BCUT2D eigenvalue weighted by Gasteiger charge is 2.33. The molecule has 1 rings (SSSR count). The van der Waals surface area contributed by atoms with Gasteiger partial charge in [-0.25, -0.2) is 0 Å². The van der Waals surface area contributed by atoms with E-state index in [2.05, 4.69) is 17.2 Å². The summed E-state index contributed by atoms with van der Waals surface area (Å²) in [6.07, 6.45) is 0.625. The summed E-state index contributed by atoms with van der Waals surface area (Å²) in [6, 6.07) is -0.379. The fourth-order valence-electron chi connectivity index (χ4n) is 1.69. The van der Waals surface area contributed by atoms with Gasteiger partial charge in [-0.2, -0.15) is 0 Å². The molecule has 1 fully saturated rings. The number of nitrogens with one attached hydrogen (secondary N) is 1. The zero-order chi connectivity index (χ0) is 12.1. The molecule has 4 heteroatoms. The lowest BCUT2D eigenvalue weighted by atomic mass is 10.0. The molecule has 0 spiro atoms. The quantitative estimate of drug-likeness (QED) is 0.702. The minimum absolute atomic E-state index is 0.00695. The summed E-state index contributed by atoms with van der Waals surface area (Å²) in [4.78, 5) is 25.0. The first kappa shape index (κ1) is 12.6. The van der Waals surface area contributed by atoms with Gasteiger partial charge in [0, 0.05) is 13.0 Å². The van der Waals surface area contributed by atoms with Crippen molar-refractivity contribution in [2.45, 2.75) is 33.2 Å². The van der Waals surface area contributed by atoms with Crippen LogP contribution in [0.5, 0.6) is 0 Å². The van der Waals surface area contributed by atoms with Gasteiger partial charge in [0.2, 0.25) is 11.8 Å². The van der Waals surface area contributed by atoms with Crippen molar-refractivity contribution in [1.82, 2.24) is 10.2 Å². The molecule has 0 aliphatic carbocycles. The largest absolute Gasteiger partial charge is 0.343 e. The van der Waals surface area contributed by atoms with Crippen molar-refractivity contribution >= 4 is 11.8 Å². The summed E-state index contributed by atoms with van der Waals surface area (Å²) in [5.41, 5.74) is 0. The standard InChI is InChI=1S/C12H18N2O2/c1-4-5-6-7-14-8-10(15)13-11(9(2)3)12(14)16/h9,11H,6-8H2,1-3H3,(H,13,15). The van der Waals surface area contributed by atoms with E-state index in [1.54, 1.807) is 11.8 Å². The Balaban J connectivity index is 2.64. The predicted molar refractivity (Wildman–Crippen MR) is 61.4 cm³/mol. The van der Waals surface area contributed by atoms with Gasteiger partial charge < -0.3 is 10.2 Å². The van der Waals surface area contributed by atoms with Crippen LogP contribution in [0.3, 0.4) is 0 Å². The van der Waals surface area contributed by atoms with Gasteiger partial charge in [-0.3, -0.25) is 9.59 Å². The van der Waals surface area contributed by atoms with Crippen LogP contribution in [0, 0.1) is 17.8 Å². The van der Waals surface area contributed by atoms with Crippen LogP contribution in [0.2, 0.25) is 0 Å². The van der Waals surface area contributed by atoms with Gasteiger partial charge >= 0.3 is 0 Å². The molecule has 0 saturated carbocycles. The molecule has 1 aliphatic rings. The third kappa shape index (κ3) is 2.99. The Hall–Kier alpha value is -1.50. The second-order valence-electron chi connectivity index (χ2n) is 4.23. The van der Waals surface area contributed by atoms with Crippen LogP contribution in [0.25, 0.3) is 0 Å². The van der Waals surface area contributed by atoms with E-state index in [4.69, 9.17) is 0 Å². The minimum Gasteiger partial charge on any atom is -0.343 e. The summed E-state index contributed by atoms with van der Waals surface area (Å²) in [7, 11) is 0. The molecule has 1 aliphatic heterocycles. The van der Waals surface area contributed by atoms with Crippen LogP contribution in [-0.2, 0) is 9.59 Å². The molecule has 2 amide bonds. The average molecular weight is 222 g/mol. The Morgan fingerprint density at radius 3 is 2.75 bits per heavy atom. The van der Waals surface area contributed by atoms with Crippen molar-refractivity contribution in [2.24, 2.45) is 5.92 Å². The normalized spacial score (nSPS) is 20.5. The van der Waals surface area contributed by atoms with Gasteiger partial charge in [-0.1, -0.05) is 13.8 Å². The molecular formula is C12H18N2O2. The molecule has 0 aromatic rings. The van der Waals surface area contributed by atoms with Crippen molar-refractivity contribution in [3.05, 3.63) is 0 Å². The van der Waals surface area contributed by atoms with Gasteiger partial charge in [0.15, 0.2) is 0 Å². The fraction of sp³-hybridized carbons (Fsp3) is 0.667. The molecule has 16 heavy (non-hydrogen) atoms. The van der Waals surface area contributed by atoms with Crippen LogP contribution < -0.4 is 5.32 Å². The first-order valence-corrected chi connectivity index (χ1v) is 5.54. The average Bonchev–Trinajstić information content (AvgIpc) is 2.22. The van der Waals surface area contributed by atoms with E-state index in [1.165, 1.54) is 0 Å². The van der Waals surface area contributed by atoms with E-state index < -0.39 is 0 Å². The van der Waals surface area contributed by atoms with Crippen LogP contribution in [0.15, 0.2) is 0 Å². The van der Waals surface area contributed by atoms with Crippen molar-refractivity contribution in [2.75, 3.05) is 13.1 Å². The van der Waals surface area contributed by atoms with Gasteiger partial charge in [0.1, 0.15) is 6.04 Å². The lowest BCUT2D eigenvalue weighted by molar-refractivity contribution is -0.145. The number of carbonyl (C=O) groups excluding carboxylic acids is 2. The van der Waals surface area contributed by atoms with Crippen LogP contribution in [0.4, 0.5) is 0 Å². The maximum absolute atomic E-state index is 12.0. The number of carbonyl (C=O) groups is 2. The molecule has 4 nitrogen and oxygen atoms in total. The van der Waals surface area contributed by atoms with Crippen LogP contribution in [0.1, 0.15) is 27.2 Å². The van der Waals surface area contributed by atoms with E-state index in [1.807, 2.05) is 13.8 Å². The Labute approximate surface area is 96.4 Å². The molecule has 88 valence electrons. The Kier molecular flexibility index (Phi) is 4.36. The lowest BCUT2D eigenvalue weighted by Crippen LogP contribution is -2.59. The zero-order valence-electron chi connectivity index (χ0n) is 10.0. The second-order valence-corrected chi connectivity index (χ2v) is 4.23. The fourth-order valence-corrected chi connectivity index (χ4v) is 1.69. The van der Waals surface area contributed by atoms with Crippen molar-refractivity contribution in [3.8, 4) is 11.8 Å². The summed E-state index contributed by atoms with van der Waals surface area (Å²) in [6.45, 7) is 6.32. The molecular weight excluding hydrogens is 204 g/mol. The summed E-state index contributed by atoms with van der Waals surface area (Å²) in [5.74, 6) is 5.73. The van der Waals surface area contributed by atoms with Crippen LogP contribution >= 0.6 is 0 Å². The monoisotopic (exact) mass is 222 g/mol. The molecule has 1 unspecified atom stereocenters. The molecule has 0 bridgehead atoms. The number of piperazine rings is 1. The summed E-state index contributed by atoms with van der Waals surface area (Å²) in [5, 5.41) is 2.72. The maximum atomic E-state index is 12.0. The number of hydrogen-bond acceptors (Lipinski definition) is 2. The highest BCUT2D eigenvalue weighted by atomic mass is 16.2. The summed E-state index contributed by atoms with van der Waals surface area (Å²) >= 11 is 0. The second kappa shape index (κ2) is 5.55. The van der Waals surface area contributed by atoms with E-state index >= 15 is 0 Å². The number of amides is 2. The SMILES string of the molecule is CC#CCCN1CC(=O)NC(C(C)C)C1=O. The number of hydrogen-bond donors (Lipinski definition) is 1. The lowest BCUT2D eigenvalue weighted by Gasteiger charge is -2.34. The van der Waals surface area contributed by atoms with Gasteiger partial charge in [0.05, 0.1) is 6.54 Å². The highest BCUT2D eigenvalue weighted by molar-refractivity contribution is 5.94. The zero-order valence-corrected chi connectivity index (χ0v) is 10.0. The molecule has 0 aromatic carbocycles. The number of rotatable bonds is 3. The van der Waals surface area contributed by atoms with Gasteiger partial charge in [-0.05, 0) is 12.8 Å². The Morgan fingerprint density at radius 2 is 2.19 bits per heavy atom. The molecule has 1 heterocycles. The van der Waals surface area contributed by atoms with Crippen LogP contribution in [-0.4, -0.2) is 35.8 Å². The van der Waals surface area contributed by atoms with E-state index in [9.17, 15) is 9.59 Å². The minimum atomic E-state index is -0.379. The first-order valence-electron chi connectivity index (χ1n) is 5.54. The van der Waals surface area contributed by atoms with E-state index in [0.29, 0.717) is 13.0 Å². The molecule has 0 aromatic heterocycles. The van der Waals surface area contributed by atoms with E-state index in [-0.39, 0.29) is 30.3 Å². The highest BCUT2D eigenvalue weighted by Crippen LogP contribution is 2.10. The maximum Gasteiger partial charge on any atom is 0.245 e. The van der Waals surface area contributed by atoms with Crippen molar-refractivity contribution in [1.29, 1.82) is 0 Å². The third-order valence-electron chi connectivity index (χ3n) is 2.58. The van der Waals surface area contributed by atoms with Crippen molar-refractivity contribution < 1.29 is 9.59 Å². The third-order valence-corrected chi connectivity index (χ3v) is 2.58. The number of nitrogens with zero attached hydrogens (tertiary/aromatic N) is 1. The molecule has 1 saturated heterocycles. The Bertz CT molecular complexity index is 339. The van der Waals surface area contributed by atoms with Gasteiger partial charge in [-0.15, -0.1) is 11.8 Å². The smallest absolute Gasteiger partial charge is 0.245 e. The predicted octanol–water partition coefficient (Wildman–Crippen LogP) is 0.383. The molecule has 1 N–H and O–H groups in total.